The monoisotopic (exact) mass is 251 g/mol. The predicted molar refractivity (Wildman–Crippen MR) is 71.7 cm³/mol. The van der Waals surface area contributed by atoms with Gasteiger partial charge in [-0.15, -0.1) is 0 Å². The Morgan fingerprint density at radius 2 is 1.82 bits per heavy atom. The molecule has 0 N–H and O–H groups in total. The van der Waals surface area contributed by atoms with Crippen molar-refractivity contribution in [1.82, 2.24) is 0 Å². The second-order valence-corrected chi connectivity index (χ2v) is 5.63. The van der Waals surface area contributed by atoms with Crippen LogP contribution in [-0.2, 0) is 11.0 Å². The summed E-state index contributed by atoms with van der Waals surface area (Å²) in [5, 5.41) is 0. The van der Waals surface area contributed by atoms with Crippen LogP contribution in [0.25, 0.3) is 0 Å². The van der Waals surface area contributed by atoms with Crippen LogP contribution in [0.3, 0.4) is 0 Å². The highest BCUT2D eigenvalue weighted by Gasteiger charge is 2.21. The molecule has 0 amide bonds. The van der Waals surface area contributed by atoms with E-state index in [0.717, 1.165) is 18.0 Å². The smallest absolute Gasteiger partial charge is 0.124 e. The lowest BCUT2D eigenvalue weighted by atomic mass is 10.1. The maximum Gasteiger partial charge on any atom is 0.124 e. The van der Waals surface area contributed by atoms with Crippen molar-refractivity contribution in [3.63, 3.8) is 0 Å². The Morgan fingerprint density at radius 1 is 1.18 bits per heavy atom. The molecule has 0 aromatic heterocycles. The molecule has 0 aliphatic carbocycles. The Balaban J connectivity index is 2.25. The summed E-state index contributed by atoms with van der Waals surface area (Å²) in [6, 6.07) is 7.69. The molecule has 0 fully saturated rings. The first-order chi connectivity index (χ1) is 8.11. The summed E-state index contributed by atoms with van der Waals surface area (Å²) in [5.41, 5.74) is 3.53. The average Bonchev–Trinajstić information content (AvgIpc) is 2.34. The zero-order valence-electron chi connectivity index (χ0n) is 10.4. The topological polar surface area (TPSA) is 29.5 Å². The van der Waals surface area contributed by atoms with Gasteiger partial charge in [0.1, 0.15) is 16.7 Å². The molecule has 2 rings (SSSR count). The van der Waals surface area contributed by atoms with Crippen LogP contribution >= 0.6 is 0 Å². The van der Waals surface area contributed by atoms with Gasteiger partial charge < -0.3 is 4.74 Å². The highest BCUT2D eigenvalue weighted by molar-refractivity contribution is 7.86. The van der Waals surface area contributed by atoms with Gasteiger partial charge in [-0.2, -0.15) is 0 Å². The molecule has 0 bridgehead atoms. The second-order valence-electron chi connectivity index (χ2n) is 4.26. The molecule has 1 aliphatic rings. The third-order valence-corrected chi connectivity index (χ3v) is 4.57. The maximum absolute atomic E-state index is 12.1. The van der Waals surface area contributed by atoms with Crippen LogP contribution in [0.4, 0.5) is 5.69 Å². The van der Waals surface area contributed by atoms with Gasteiger partial charge in [0.05, 0.1) is 19.4 Å². The van der Waals surface area contributed by atoms with Crippen LogP contribution in [0.15, 0.2) is 35.4 Å². The lowest BCUT2D eigenvalue weighted by Crippen LogP contribution is -2.34. The summed E-state index contributed by atoms with van der Waals surface area (Å²) in [5.74, 6) is 1.46. The number of hydrogen-bond acceptors (Lipinski definition) is 2. The van der Waals surface area contributed by atoms with Crippen molar-refractivity contribution in [3.8, 4) is 5.75 Å². The van der Waals surface area contributed by atoms with E-state index in [4.69, 9.17) is 4.74 Å². The Kier molecular flexibility index (Phi) is 3.52. The number of ether oxygens (including phenoxy) is 1. The largest absolute Gasteiger partial charge is 0.497 e. The van der Waals surface area contributed by atoms with Crippen LogP contribution in [-0.4, -0.2) is 23.6 Å². The van der Waals surface area contributed by atoms with Gasteiger partial charge >= 0.3 is 0 Å². The lowest BCUT2D eigenvalue weighted by molar-refractivity contribution is 0.415. The summed E-state index contributed by atoms with van der Waals surface area (Å²) in [6.45, 7) is 4.89. The Hall–Kier alpha value is -1.29. The number of nitrogens with zero attached hydrogens (tertiary/aromatic N) is 1. The van der Waals surface area contributed by atoms with Crippen molar-refractivity contribution in [1.29, 1.82) is 0 Å². The van der Waals surface area contributed by atoms with Crippen molar-refractivity contribution >= 4 is 16.7 Å². The van der Waals surface area contributed by atoms with Crippen LogP contribution in [0.1, 0.15) is 13.8 Å². The van der Waals surface area contributed by atoms with Crippen molar-refractivity contribution in [2.45, 2.75) is 13.8 Å². The van der Waals surface area contributed by atoms with Gasteiger partial charge in [-0.1, -0.05) is 11.1 Å². The minimum atomic E-state index is -0.954. The molecule has 92 valence electrons. The minimum Gasteiger partial charge on any atom is -0.497 e. The van der Waals surface area contributed by atoms with E-state index in [9.17, 15) is 4.21 Å². The lowest BCUT2D eigenvalue weighted by Gasteiger charge is -2.29. The summed E-state index contributed by atoms with van der Waals surface area (Å²) in [7, 11) is 0.689. The van der Waals surface area contributed by atoms with E-state index in [-0.39, 0.29) is 0 Å². The first kappa shape index (κ1) is 12.2. The van der Waals surface area contributed by atoms with Crippen LogP contribution in [0, 0.1) is 0 Å². The van der Waals surface area contributed by atoms with Gasteiger partial charge in [0.25, 0.3) is 0 Å². The molecular formula is C13H17NO2S. The van der Waals surface area contributed by atoms with E-state index in [1.807, 2.05) is 28.6 Å². The van der Waals surface area contributed by atoms with E-state index >= 15 is 0 Å². The van der Waals surface area contributed by atoms with Gasteiger partial charge in [0, 0.05) is 5.69 Å². The van der Waals surface area contributed by atoms with E-state index < -0.39 is 11.0 Å². The molecule has 1 aliphatic heterocycles. The molecule has 1 atom stereocenters. The van der Waals surface area contributed by atoms with Crippen molar-refractivity contribution < 1.29 is 8.95 Å². The van der Waals surface area contributed by atoms with Gasteiger partial charge in [-0.05, 0) is 38.1 Å². The van der Waals surface area contributed by atoms with Gasteiger partial charge in [-0.3, -0.25) is 4.31 Å². The third kappa shape index (κ3) is 2.52. The number of rotatable bonds is 2. The number of hydrogen-bond donors (Lipinski definition) is 0. The normalized spacial score (nSPS) is 20.6. The van der Waals surface area contributed by atoms with Gasteiger partial charge in [-0.25, -0.2) is 4.21 Å². The molecule has 1 aromatic carbocycles. The highest BCUT2D eigenvalue weighted by atomic mass is 32.2. The maximum atomic E-state index is 12.1. The minimum absolute atomic E-state index is 0.637. The summed E-state index contributed by atoms with van der Waals surface area (Å²) in [6.07, 6.45) is 0. The molecule has 4 heteroatoms. The fourth-order valence-electron chi connectivity index (χ4n) is 1.77. The highest BCUT2D eigenvalue weighted by Crippen LogP contribution is 2.25. The molecule has 3 nitrogen and oxygen atoms in total. The number of anilines is 1. The summed E-state index contributed by atoms with van der Waals surface area (Å²) in [4.78, 5) is 0. The fourth-order valence-corrected chi connectivity index (χ4v) is 3.23. The Bertz CT molecular complexity index is 465. The van der Waals surface area contributed by atoms with Crippen molar-refractivity contribution in [2.75, 3.05) is 23.7 Å². The molecule has 0 radical (unpaired) electrons. The van der Waals surface area contributed by atoms with Crippen LogP contribution < -0.4 is 9.04 Å². The Morgan fingerprint density at radius 3 is 2.41 bits per heavy atom. The fraction of sp³-hybridized carbons (Fsp3) is 0.385. The van der Waals surface area contributed by atoms with E-state index in [2.05, 4.69) is 13.8 Å². The molecule has 17 heavy (non-hydrogen) atoms. The first-order valence-corrected chi connectivity index (χ1v) is 6.84. The Labute approximate surface area is 105 Å². The molecule has 0 saturated heterocycles. The quantitative estimate of drug-likeness (QED) is 0.756. The predicted octanol–water partition coefficient (Wildman–Crippen LogP) is 2.52. The summed E-state index contributed by atoms with van der Waals surface area (Å²) < 4.78 is 19.1. The van der Waals surface area contributed by atoms with E-state index in [1.54, 1.807) is 7.11 Å². The third-order valence-electron chi connectivity index (χ3n) is 3.06. The number of methoxy groups -OCH3 is 1. The molecule has 0 saturated carbocycles. The van der Waals surface area contributed by atoms with Crippen LogP contribution in [0.2, 0.25) is 0 Å². The second kappa shape index (κ2) is 4.92. The molecule has 1 unspecified atom stereocenters. The zero-order chi connectivity index (χ0) is 12.4. The number of benzene rings is 1. The van der Waals surface area contributed by atoms with E-state index in [0.29, 0.717) is 5.75 Å². The van der Waals surface area contributed by atoms with Crippen molar-refractivity contribution in [3.05, 3.63) is 35.4 Å². The molecular weight excluding hydrogens is 234 g/mol. The van der Waals surface area contributed by atoms with Crippen molar-refractivity contribution in [2.24, 2.45) is 0 Å². The van der Waals surface area contributed by atoms with Gasteiger partial charge in [0.2, 0.25) is 0 Å². The molecule has 1 heterocycles. The zero-order valence-corrected chi connectivity index (χ0v) is 11.2. The SMILES string of the molecule is COc1ccc(N2CC(C)=C(C)CS2=O)cc1. The van der Waals surface area contributed by atoms with E-state index in [1.165, 1.54) is 11.1 Å². The van der Waals surface area contributed by atoms with Gasteiger partial charge in [0.15, 0.2) is 0 Å². The van der Waals surface area contributed by atoms with Crippen LogP contribution in [0.5, 0.6) is 5.75 Å². The summed E-state index contributed by atoms with van der Waals surface area (Å²) >= 11 is 0. The molecule has 0 spiro atoms. The molecule has 1 aromatic rings. The average molecular weight is 251 g/mol. The first-order valence-electron chi connectivity index (χ1n) is 5.57. The standard InChI is InChI=1S/C13H17NO2S/c1-10-8-14(17(15)9-11(10)2)12-4-6-13(16-3)7-5-12/h4-7H,8-9H2,1-3H3.